The molecule has 0 bridgehead atoms. The highest BCUT2D eigenvalue weighted by atomic mass is 35.5. The molecule has 0 saturated carbocycles. The minimum absolute atomic E-state index is 0.0368. The molecule has 2 unspecified atom stereocenters. The van der Waals surface area contributed by atoms with Crippen LogP contribution in [0, 0.1) is 0 Å². The molecule has 1 amide bonds. The summed E-state index contributed by atoms with van der Waals surface area (Å²) in [5.41, 5.74) is 3.16. The second kappa shape index (κ2) is 9.28. The van der Waals surface area contributed by atoms with Crippen LogP contribution in [0.4, 0.5) is 0 Å². The first-order valence-electron chi connectivity index (χ1n) is 11.3. The maximum atomic E-state index is 13.0. The molecule has 0 aliphatic carbocycles. The average Bonchev–Trinajstić information content (AvgIpc) is 3.41. The van der Waals surface area contributed by atoms with E-state index < -0.39 is 0 Å². The van der Waals surface area contributed by atoms with Gasteiger partial charge in [-0.15, -0.1) is 0 Å². The molecule has 0 radical (unpaired) electrons. The highest BCUT2D eigenvalue weighted by Crippen LogP contribution is 2.35. The van der Waals surface area contributed by atoms with E-state index in [2.05, 4.69) is 29.7 Å². The van der Waals surface area contributed by atoms with Gasteiger partial charge in [-0.1, -0.05) is 54.1 Å². The fraction of sp³-hybridized carbons (Fsp3) is 0.259. The maximum absolute atomic E-state index is 13.0. The lowest BCUT2D eigenvalue weighted by molar-refractivity contribution is -0.129. The summed E-state index contributed by atoms with van der Waals surface area (Å²) in [6.45, 7) is 3.91. The number of rotatable bonds is 7. The topological polar surface area (TPSA) is 47.4 Å². The van der Waals surface area contributed by atoms with E-state index in [0.717, 1.165) is 28.2 Å². The van der Waals surface area contributed by atoms with Crippen LogP contribution >= 0.6 is 11.6 Å². The van der Waals surface area contributed by atoms with Crippen molar-refractivity contribution in [3.8, 4) is 5.75 Å². The monoisotopic (exact) mass is 459 g/mol. The van der Waals surface area contributed by atoms with E-state index in [-0.39, 0.29) is 17.9 Å². The molecule has 33 heavy (non-hydrogen) atoms. The highest BCUT2D eigenvalue weighted by Gasteiger charge is 2.36. The molecule has 2 heterocycles. The molecule has 2 atom stereocenters. The second-order valence-corrected chi connectivity index (χ2v) is 8.88. The van der Waals surface area contributed by atoms with E-state index in [9.17, 15) is 4.79 Å². The molecular weight excluding hydrogens is 434 g/mol. The van der Waals surface area contributed by atoms with Gasteiger partial charge in [0.25, 0.3) is 0 Å². The second-order valence-electron chi connectivity index (χ2n) is 8.45. The van der Waals surface area contributed by atoms with E-state index in [1.165, 1.54) is 0 Å². The Balaban J connectivity index is 1.37. The first-order valence-corrected chi connectivity index (χ1v) is 11.7. The Morgan fingerprint density at radius 1 is 1.03 bits per heavy atom. The smallest absolute Gasteiger partial charge is 0.223 e. The fourth-order valence-corrected chi connectivity index (χ4v) is 4.74. The molecule has 0 spiro atoms. The maximum Gasteiger partial charge on any atom is 0.223 e. The van der Waals surface area contributed by atoms with Gasteiger partial charge in [0.2, 0.25) is 5.91 Å². The molecule has 4 aromatic rings. The number of halogens is 1. The number of ether oxygens (including phenoxy) is 1. The van der Waals surface area contributed by atoms with Gasteiger partial charge in [0.15, 0.2) is 0 Å². The van der Waals surface area contributed by atoms with Crippen LogP contribution in [-0.2, 0) is 11.3 Å². The third-order valence-electron chi connectivity index (χ3n) is 6.35. The summed E-state index contributed by atoms with van der Waals surface area (Å²) in [4.78, 5) is 19.9. The highest BCUT2D eigenvalue weighted by molar-refractivity contribution is 6.30. The van der Waals surface area contributed by atoms with Gasteiger partial charge < -0.3 is 14.2 Å². The number of hydrogen-bond acceptors (Lipinski definition) is 3. The molecule has 1 aromatic heterocycles. The molecule has 3 aromatic carbocycles. The summed E-state index contributed by atoms with van der Waals surface area (Å²) >= 11 is 5.97. The predicted octanol–water partition coefficient (Wildman–Crippen LogP) is 5.85. The van der Waals surface area contributed by atoms with Crippen molar-refractivity contribution in [2.24, 2.45) is 0 Å². The van der Waals surface area contributed by atoms with E-state index in [0.29, 0.717) is 31.1 Å². The number of hydrogen-bond donors (Lipinski definition) is 0. The number of amides is 1. The van der Waals surface area contributed by atoms with Crippen LogP contribution in [0.15, 0.2) is 78.9 Å². The van der Waals surface area contributed by atoms with Crippen LogP contribution in [0.5, 0.6) is 5.75 Å². The van der Waals surface area contributed by atoms with Crippen LogP contribution < -0.4 is 4.74 Å². The third-order valence-corrected chi connectivity index (χ3v) is 6.61. The summed E-state index contributed by atoms with van der Waals surface area (Å²) < 4.78 is 8.16. The average molecular weight is 460 g/mol. The minimum Gasteiger partial charge on any atom is -0.492 e. The lowest BCUT2D eigenvalue weighted by Gasteiger charge is -2.25. The van der Waals surface area contributed by atoms with Gasteiger partial charge in [0.05, 0.1) is 23.6 Å². The number of aromatic nitrogens is 2. The molecule has 5 nitrogen and oxygen atoms in total. The number of benzene rings is 3. The zero-order valence-electron chi connectivity index (χ0n) is 18.5. The molecule has 5 rings (SSSR count). The quantitative estimate of drug-likeness (QED) is 0.348. The lowest BCUT2D eigenvalue weighted by Crippen LogP contribution is -2.28. The van der Waals surface area contributed by atoms with Gasteiger partial charge >= 0.3 is 0 Å². The van der Waals surface area contributed by atoms with Crippen molar-refractivity contribution in [3.63, 3.8) is 0 Å². The summed E-state index contributed by atoms with van der Waals surface area (Å²) in [7, 11) is 0. The van der Waals surface area contributed by atoms with Crippen LogP contribution in [-0.4, -0.2) is 33.5 Å². The van der Waals surface area contributed by atoms with Gasteiger partial charge in [0, 0.05) is 23.9 Å². The van der Waals surface area contributed by atoms with Crippen LogP contribution in [0.25, 0.3) is 11.0 Å². The Morgan fingerprint density at radius 2 is 1.76 bits per heavy atom. The fourth-order valence-electron chi connectivity index (χ4n) is 4.62. The standard InChI is InChI=1S/C27H26ClN3O2/c1-19(20-7-3-2-4-8-20)31-18-21(17-26(31)32)27-29-24-9-5-6-10-25(24)30(27)15-16-33-23-13-11-22(28)12-14-23/h2-14,19,21H,15-18H2,1H3. The third kappa shape index (κ3) is 4.46. The summed E-state index contributed by atoms with van der Waals surface area (Å²) in [5.74, 6) is 1.95. The molecule has 1 fully saturated rings. The number of fused-ring (bicyclic) bond motifs is 1. The molecular formula is C27H26ClN3O2. The van der Waals surface area contributed by atoms with Crippen molar-refractivity contribution < 1.29 is 9.53 Å². The Hall–Kier alpha value is -3.31. The van der Waals surface area contributed by atoms with Crippen LogP contribution in [0.1, 0.15) is 36.7 Å². The van der Waals surface area contributed by atoms with Gasteiger partial charge in [-0.2, -0.15) is 0 Å². The first-order chi connectivity index (χ1) is 16.1. The minimum atomic E-state index is 0.0368. The summed E-state index contributed by atoms with van der Waals surface area (Å²) in [6.07, 6.45) is 0.471. The molecule has 6 heteroatoms. The number of carbonyl (C=O) groups is 1. The number of para-hydroxylation sites is 2. The molecule has 168 valence electrons. The number of carbonyl (C=O) groups excluding carboxylic acids is 1. The number of imidazole rings is 1. The van der Waals surface area contributed by atoms with Crippen molar-refractivity contribution in [1.29, 1.82) is 0 Å². The van der Waals surface area contributed by atoms with E-state index >= 15 is 0 Å². The number of nitrogens with zero attached hydrogens (tertiary/aromatic N) is 3. The SMILES string of the molecule is CC(c1ccccc1)N1CC(c2nc3ccccc3n2CCOc2ccc(Cl)cc2)CC1=O. The molecule has 1 aliphatic rings. The Morgan fingerprint density at radius 3 is 2.55 bits per heavy atom. The van der Waals surface area contributed by atoms with Gasteiger partial charge in [-0.25, -0.2) is 4.98 Å². The van der Waals surface area contributed by atoms with Gasteiger partial charge in [-0.05, 0) is 48.9 Å². The van der Waals surface area contributed by atoms with E-state index in [1.54, 1.807) is 0 Å². The molecule has 1 saturated heterocycles. The number of likely N-dealkylation sites (tertiary alicyclic amines) is 1. The largest absolute Gasteiger partial charge is 0.492 e. The lowest BCUT2D eigenvalue weighted by atomic mass is 10.1. The van der Waals surface area contributed by atoms with Crippen molar-refractivity contribution >= 4 is 28.5 Å². The zero-order valence-corrected chi connectivity index (χ0v) is 19.3. The van der Waals surface area contributed by atoms with Crippen molar-refractivity contribution in [1.82, 2.24) is 14.5 Å². The van der Waals surface area contributed by atoms with Gasteiger partial charge in [-0.3, -0.25) is 4.79 Å². The predicted molar refractivity (Wildman–Crippen MR) is 131 cm³/mol. The van der Waals surface area contributed by atoms with Crippen molar-refractivity contribution in [2.45, 2.75) is 31.8 Å². The van der Waals surface area contributed by atoms with E-state index in [4.69, 9.17) is 21.3 Å². The molecule has 0 N–H and O–H groups in total. The molecule has 1 aliphatic heterocycles. The zero-order chi connectivity index (χ0) is 22.8. The van der Waals surface area contributed by atoms with Crippen LogP contribution in [0.2, 0.25) is 5.02 Å². The summed E-state index contributed by atoms with van der Waals surface area (Å²) in [5, 5.41) is 0.686. The Labute approximate surface area is 198 Å². The van der Waals surface area contributed by atoms with E-state index in [1.807, 2.05) is 65.6 Å². The van der Waals surface area contributed by atoms with Crippen molar-refractivity contribution in [3.05, 3.63) is 95.3 Å². The normalized spacial score (nSPS) is 17.0. The Bertz CT molecular complexity index is 1250. The van der Waals surface area contributed by atoms with Crippen molar-refractivity contribution in [2.75, 3.05) is 13.2 Å². The first kappa shape index (κ1) is 21.5. The van der Waals surface area contributed by atoms with Crippen LogP contribution in [0.3, 0.4) is 0 Å². The van der Waals surface area contributed by atoms with Gasteiger partial charge in [0.1, 0.15) is 18.2 Å². The Kier molecular flexibility index (Phi) is 6.05. The summed E-state index contributed by atoms with van der Waals surface area (Å²) in [6, 6.07) is 25.7.